The summed E-state index contributed by atoms with van der Waals surface area (Å²) in [5, 5.41) is 0. The molecule has 0 saturated carbocycles. The fourth-order valence-corrected chi connectivity index (χ4v) is 13.4. The number of hydrogen-bond acceptors (Lipinski definition) is 0. The van der Waals surface area contributed by atoms with Crippen LogP contribution in [-0.2, 0) is 0 Å². The molecule has 2 heterocycles. The standard InChI is InChI=1S/C7H12I2/c1-5-2-9-7-4-8-3-6(5)7/h5-7H,2-4H2,1H3/q-2. The van der Waals surface area contributed by atoms with Gasteiger partial charge in [0.05, 0.1) is 0 Å². The summed E-state index contributed by atoms with van der Waals surface area (Å²) in [7, 11) is 0. The Bertz CT molecular complexity index is 113. The first kappa shape index (κ1) is 7.13. The molecular formula is C7H12I2-2. The molecule has 2 fully saturated rings. The van der Waals surface area contributed by atoms with Crippen molar-refractivity contribution in [2.45, 2.75) is 10.8 Å². The van der Waals surface area contributed by atoms with E-state index in [0.717, 1.165) is 5.92 Å². The number of halogens is 2. The molecule has 56 valence electrons. The van der Waals surface area contributed by atoms with Gasteiger partial charge in [0.2, 0.25) is 0 Å². The minimum absolute atomic E-state index is 0.686. The van der Waals surface area contributed by atoms with Crippen molar-refractivity contribution in [3.63, 3.8) is 0 Å². The second-order valence-electron chi connectivity index (χ2n) is 2.96. The second-order valence-corrected chi connectivity index (χ2v) is 9.17. The van der Waals surface area contributed by atoms with Gasteiger partial charge in [0, 0.05) is 0 Å². The van der Waals surface area contributed by atoms with Crippen LogP contribution < -0.4 is 42.4 Å². The van der Waals surface area contributed by atoms with Crippen molar-refractivity contribution in [2.24, 2.45) is 11.8 Å². The van der Waals surface area contributed by atoms with Crippen LogP contribution in [0, 0.1) is 11.8 Å². The van der Waals surface area contributed by atoms with Crippen molar-refractivity contribution in [1.29, 1.82) is 0 Å². The molecule has 0 aromatic heterocycles. The van der Waals surface area contributed by atoms with Gasteiger partial charge < -0.3 is 0 Å². The first-order valence-electron chi connectivity index (χ1n) is 3.49. The van der Waals surface area contributed by atoms with Crippen LogP contribution in [0.3, 0.4) is 0 Å². The fourth-order valence-electron chi connectivity index (χ4n) is 1.54. The van der Waals surface area contributed by atoms with E-state index in [1.165, 1.54) is 9.84 Å². The van der Waals surface area contributed by atoms with Crippen LogP contribution in [0.25, 0.3) is 0 Å². The van der Waals surface area contributed by atoms with Crippen LogP contribution in [0.2, 0.25) is 0 Å². The number of alkyl halides is 4. The summed E-state index contributed by atoms with van der Waals surface area (Å²) in [5.74, 6) is 2.38. The van der Waals surface area contributed by atoms with Gasteiger partial charge >= 0.3 is 78.4 Å². The third kappa shape index (κ3) is 1.26. The normalized spacial score (nSPS) is 51.4. The number of rotatable bonds is 0. The molecular weight excluding hydrogens is 338 g/mol. The fraction of sp³-hybridized carbons (Fsp3) is 1.00. The van der Waals surface area contributed by atoms with Crippen LogP contribution in [-0.4, -0.2) is 17.2 Å². The number of hydrogen-bond donors (Lipinski definition) is 0. The molecule has 0 radical (unpaired) electrons. The minimum atomic E-state index is 0.686. The predicted molar refractivity (Wildman–Crippen MR) is 31.0 cm³/mol. The van der Waals surface area contributed by atoms with E-state index in [1.54, 1.807) is 13.3 Å². The van der Waals surface area contributed by atoms with Gasteiger partial charge in [0.1, 0.15) is 0 Å². The molecule has 2 heteroatoms. The van der Waals surface area contributed by atoms with Crippen LogP contribution >= 0.6 is 0 Å². The second kappa shape index (κ2) is 2.83. The van der Waals surface area contributed by atoms with Crippen molar-refractivity contribution in [1.82, 2.24) is 0 Å². The van der Waals surface area contributed by atoms with Crippen LogP contribution in [0.1, 0.15) is 6.92 Å². The van der Waals surface area contributed by atoms with Gasteiger partial charge in [0.25, 0.3) is 0 Å². The topological polar surface area (TPSA) is 0 Å². The Kier molecular flexibility index (Phi) is 2.24. The molecule has 0 N–H and O–H groups in total. The van der Waals surface area contributed by atoms with E-state index in [0.29, 0.717) is 42.4 Å². The Labute approximate surface area is 77.7 Å². The van der Waals surface area contributed by atoms with E-state index in [4.69, 9.17) is 0 Å². The molecule has 2 saturated heterocycles. The Morgan fingerprint density at radius 1 is 1.22 bits per heavy atom. The maximum atomic E-state index is 2.49. The molecule has 0 aliphatic carbocycles. The maximum absolute atomic E-state index is 2.49. The zero-order chi connectivity index (χ0) is 6.27. The van der Waals surface area contributed by atoms with Gasteiger partial charge in [-0.1, -0.05) is 0 Å². The molecule has 0 aromatic rings. The van der Waals surface area contributed by atoms with Crippen molar-refractivity contribution in [3.05, 3.63) is 0 Å². The van der Waals surface area contributed by atoms with Gasteiger partial charge in [-0.2, -0.15) is 0 Å². The molecule has 0 amide bonds. The quantitative estimate of drug-likeness (QED) is 0.303. The van der Waals surface area contributed by atoms with Crippen LogP contribution in [0.15, 0.2) is 0 Å². The van der Waals surface area contributed by atoms with E-state index in [2.05, 4.69) is 6.92 Å². The SMILES string of the molecule is CC1C[I-]C2C[I-]CC12. The number of fused-ring (bicyclic) bond motifs is 1. The Balaban J connectivity index is 2.07. The summed E-state index contributed by atoms with van der Waals surface area (Å²) >= 11 is 1.39. The van der Waals surface area contributed by atoms with Crippen molar-refractivity contribution in [2.75, 3.05) is 13.3 Å². The monoisotopic (exact) mass is 350 g/mol. The molecule has 2 aliphatic heterocycles. The Hall–Kier alpha value is 1.46. The van der Waals surface area contributed by atoms with Crippen molar-refractivity contribution in [3.8, 4) is 0 Å². The van der Waals surface area contributed by atoms with E-state index < -0.39 is 0 Å². The first-order chi connectivity index (χ1) is 4.38. The molecule has 2 rings (SSSR count). The summed E-state index contributed by atoms with van der Waals surface area (Å²) in [6, 6.07) is 0. The van der Waals surface area contributed by atoms with E-state index in [1.807, 2.05) is 0 Å². The molecule has 0 nitrogen and oxygen atoms in total. The third-order valence-electron chi connectivity index (χ3n) is 2.27. The van der Waals surface area contributed by atoms with Crippen molar-refractivity contribution < 1.29 is 42.4 Å². The molecule has 9 heavy (non-hydrogen) atoms. The van der Waals surface area contributed by atoms with Crippen molar-refractivity contribution >= 4 is 0 Å². The molecule has 0 spiro atoms. The first-order valence-corrected chi connectivity index (χ1v) is 9.31. The average molecular weight is 350 g/mol. The third-order valence-corrected chi connectivity index (χ3v) is 11.6. The van der Waals surface area contributed by atoms with E-state index in [9.17, 15) is 0 Å². The van der Waals surface area contributed by atoms with Gasteiger partial charge in [0.15, 0.2) is 0 Å². The summed E-state index contributed by atoms with van der Waals surface area (Å²) in [6.45, 7) is 2.49. The zero-order valence-corrected chi connectivity index (χ0v) is 9.92. The molecule has 0 aromatic carbocycles. The molecule has 3 unspecified atom stereocenters. The predicted octanol–water partition coefficient (Wildman–Crippen LogP) is -5.19. The van der Waals surface area contributed by atoms with Crippen LogP contribution in [0.4, 0.5) is 0 Å². The molecule has 3 atom stereocenters. The average Bonchev–Trinajstić information content (AvgIpc) is 2.35. The summed E-state index contributed by atoms with van der Waals surface area (Å²) in [6.07, 6.45) is 0. The van der Waals surface area contributed by atoms with E-state index >= 15 is 0 Å². The van der Waals surface area contributed by atoms with E-state index in [-0.39, 0.29) is 0 Å². The molecule has 0 bridgehead atoms. The zero-order valence-electron chi connectivity index (χ0n) is 5.61. The summed E-state index contributed by atoms with van der Waals surface area (Å²) in [4.78, 5) is 0. The van der Waals surface area contributed by atoms with Gasteiger partial charge in [-0.15, -0.1) is 0 Å². The Morgan fingerprint density at radius 2 is 2.11 bits per heavy atom. The summed E-state index contributed by atoms with van der Waals surface area (Å²) in [5.41, 5.74) is 0. The summed E-state index contributed by atoms with van der Waals surface area (Å²) < 4.78 is 6.36. The van der Waals surface area contributed by atoms with Crippen LogP contribution in [0.5, 0.6) is 0 Å². The molecule has 2 aliphatic rings. The van der Waals surface area contributed by atoms with Gasteiger partial charge in [-0.3, -0.25) is 0 Å². The van der Waals surface area contributed by atoms with Gasteiger partial charge in [-0.25, -0.2) is 0 Å². The van der Waals surface area contributed by atoms with Gasteiger partial charge in [-0.05, 0) is 0 Å². The Morgan fingerprint density at radius 3 is 2.89 bits per heavy atom.